The Balaban J connectivity index is 3.45. The van der Waals surface area contributed by atoms with E-state index in [1.165, 1.54) is 6.20 Å². The summed E-state index contributed by atoms with van der Waals surface area (Å²) in [4.78, 5) is 23.9. The summed E-state index contributed by atoms with van der Waals surface area (Å²) < 4.78 is 0. The Kier molecular flexibility index (Phi) is 1.76. The van der Waals surface area contributed by atoms with Crippen LogP contribution in [0.5, 0.6) is 0 Å². The largest absolute Gasteiger partial charge is 0.365 e. The van der Waals surface area contributed by atoms with E-state index in [0.717, 1.165) is 0 Å². The van der Waals surface area contributed by atoms with Crippen molar-refractivity contribution in [2.24, 2.45) is 5.73 Å². The number of amides is 1. The highest BCUT2D eigenvalue weighted by atomic mass is 16.2. The molecule has 58 valence electrons. The molecule has 0 fully saturated rings. The van der Waals surface area contributed by atoms with E-state index in [4.69, 9.17) is 5.73 Å². The van der Waals surface area contributed by atoms with E-state index in [2.05, 4.69) is 4.98 Å². The monoisotopic (exact) mass is 152 g/mol. The van der Waals surface area contributed by atoms with Crippen LogP contribution in [0.25, 0.3) is 0 Å². The fraction of sp³-hybridized carbons (Fsp3) is 0.143. The van der Waals surface area contributed by atoms with Crippen molar-refractivity contribution in [3.63, 3.8) is 0 Å². The molecule has 0 aliphatic carbocycles. The van der Waals surface area contributed by atoms with E-state index in [9.17, 15) is 9.59 Å². The number of rotatable bonds is 1. The second-order valence-corrected chi connectivity index (χ2v) is 2.23. The van der Waals surface area contributed by atoms with Gasteiger partial charge in [-0.1, -0.05) is 0 Å². The highest BCUT2D eigenvalue weighted by Gasteiger charge is 2.07. The number of H-pyrrole nitrogens is 1. The topological polar surface area (TPSA) is 75.9 Å². The Bertz CT molecular complexity index is 341. The van der Waals surface area contributed by atoms with Gasteiger partial charge in [0.05, 0.1) is 0 Å². The van der Waals surface area contributed by atoms with Gasteiger partial charge >= 0.3 is 0 Å². The normalized spacial score (nSPS) is 9.55. The molecule has 0 saturated heterocycles. The number of nitrogens with two attached hydrogens (primary N) is 1. The first-order chi connectivity index (χ1) is 5.13. The molecule has 0 bridgehead atoms. The number of aryl methyl sites for hydroxylation is 1. The maximum Gasteiger partial charge on any atom is 0.261 e. The maximum atomic E-state index is 10.9. The van der Waals surface area contributed by atoms with E-state index in [0.29, 0.717) is 5.56 Å². The average molecular weight is 152 g/mol. The first kappa shape index (κ1) is 7.53. The van der Waals surface area contributed by atoms with E-state index in [-0.39, 0.29) is 5.56 Å². The SMILES string of the molecule is Cc1cc[nH]c(=O)c1C(N)=O. The van der Waals surface area contributed by atoms with Crippen molar-refractivity contribution in [2.75, 3.05) is 0 Å². The summed E-state index contributed by atoms with van der Waals surface area (Å²) in [5.41, 5.74) is 5.16. The molecule has 0 aliphatic heterocycles. The molecule has 0 saturated carbocycles. The fourth-order valence-corrected chi connectivity index (χ4v) is 0.883. The van der Waals surface area contributed by atoms with Gasteiger partial charge < -0.3 is 10.7 Å². The Hall–Kier alpha value is -1.58. The number of carbonyl (C=O) groups excluding carboxylic acids is 1. The quantitative estimate of drug-likeness (QED) is 0.583. The van der Waals surface area contributed by atoms with Gasteiger partial charge in [0.1, 0.15) is 5.56 Å². The highest BCUT2D eigenvalue weighted by molar-refractivity contribution is 5.93. The average Bonchev–Trinajstić information content (AvgIpc) is 1.85. The molecule has 0 aromatic carbocycles. The number of primary amides is 1. The Morgan fingerprint density at radius 2 is 2.27 bits per heavy atom. The zero-order chi connectivity index (χ0) is 8.43. The van der Waals surface area contributed by atoms with Gasteiger partial charge in [-0.3, -0.25) is 9.59 Å². The third kappa shape index (κ3) is 1.29. The number of hydrogen-bond donors (Lipinski definition) is 2. The van der Waals surface area contributed by atoms with E-state index in [1.54, 1.807) is 13.0 Å². The molecule has 11 heavy (non-hydrogen) atoms. The van der Waals surface area contributed by atoms with Crippen LogP contribution in [0.1, 0.15) is 15.9 Å². The lowest BCUT2D eigenvalue weighted by Gasteiger charge is -1.96. The first-order valence-corrected chi connectivity index (χ1v) is 3.11. The molecule has 3 N–H and O–H groups in total. The van der Waals surface area contributed by atoms with Crippen molar-refractivity contribution in [1.29, 1.82) is 0 Å². The fourth-order valence-electron chi connectivity index (χ4n) is 0.883. The van der Waals surface area contributed by atoms with Gasteiger partial charge in [0.15, 0.2) is 0 Å². The zero-order valence-electron chi connectivity index (χ0n) is 6.05. The van der Waals surface area contributed by atoms with Crippen LogP contribution in [0, 0.1) is 6.92 Å². The summed E-state index contributed by atoms with van der Waals surface area (Å²) >= 11 is 0. The minimum Gasteiger partial charge on any atom is -0.365 e. The van der Waals surface area contributed by atoms with Crippen LogP contribution in [-0.2, 0) is 0 Å². The highest BCUT2D eigenvalue weighted by Crippen LogP contribution is 1.97. The molecule has 1 rings (SSSR count). The summed E-state index contributed by atoms with van der Waals surface area (Å²) in [6.07, 6.45) is 1.48. The number of nitrogens with one attached hydrogen (secondary N) is 1. The van der Waals surface area contributed by atoms with Gasteiger partial charge in [-0.2, -0.15) is 0 Å². The van der Waals surface area contributed by atoms with Crippen LogP contribution in [0.3, 0.4) is 0 Å². The molecule has 1 aromatic heterocycles. The van der Waals surface area contributed by atoms with Crippen LogP contribution >= 0.6 is 0 Å². The van der Waals surface area contributed by atoms with Crippen molar-refractivity contribution in [2.45, 2.75) is 6.92 Å². The molecule has 0 spiro atoms. The minimum atomic E-state index is -0.690. The summed E-state index contributed by atoms with van der Waals surface area (Å²) in [7, 11) is 0. The van der Waals surface area contributed by atoms with E-state index >= 15 is 0 Å². The number of pyridine rings is 1. The second kappa shape index (κ2) is 2.57. The van der Waals surface area contributed by atoms with E-state index in [1.807, 2.05) is 0 Å². The molecule has 1 aromatic rings. The predicted octanol–water partition coefficient (Wildman–Crippen LogP) is -0.218. The van der Waals surface area contributed by atoms with Crippen LogP contribution in [0.4, 0.5) is 0 Å². The molecule has 0 unspecified atom stereocenters. The number of carbonyl (C=O) groups is 1. The molecule has 4 nitrogen and oxygen atoms in total. The molecule has 0 aliphatic rings. The van der Waals surface area contributed by atoms with E-state index < -0.39 is 11.5 Å². The van der Waals surface area contributed by atoms with Crippen molar-refractivity contribution in [1.82, 2.24) is 4.98 Å². The molecule has 1 heterocycles. The summed E-state index contributed by atoms with van der Waals surface area (Å²) in [5.74, 6) is -0.690. The first-order valence-electron chi connectivity index (χ1n) is 3.11. The maximum absolute atomic E-state index is 10.9. The number of aromatic amines is 1. The molecule has 0 atom stereocenters. The van der Waals surface area contributed by atoms with Crippen LogP contribution in [0.2, 0.25) is 0 Å². The Morgan fingerprint density at radius 1 is 1.64 bits per heavy atom. The lowest BCUT2D eigenvalue weighted by atomic mass is 10.1. The lowest BCUT2D eigenvalue weighted by Crippen LogP contribution is -2.24. The molecule has 0 radical (unpaired) electrons. The summed E-state index contributed by atoms with van der Waals surface area (Å²) in [5, 5.41) is 0. The van der Waals surface area contributed by atoms with Crippen molar-refractivity contribution in [3.05, 3.63) is 33.7 Å². The minimum absolute atomic E-state index is 0.0347. The van der Waals surface area contributed by atoms with Crippen molar-refractivity contribution >= 4 is 5.91 Å². The van der Waals surface area contributed by atoms with Crippen molar-refractivity contribution in [3.8, 4) is 0 Å². The Morgan fingerprint density at radius 3 is 2.64 bits per heavy atom. The van der Waals surface area contributed by atoms with Crippen LogP contribution in [-0.4, -0.2) is 10.9 Å². The van der Waals surface area contributed by atoms with Gasteiger partial charge in [0.25, 0.3) is 11.5 Å². The van der Waals surface area contributed by atoms with Gasteiger partial charge in [-0.25, -0.2) is 0 Å². The van der Waals surface area contributed by atoms with Gasteiger partial charge in [0, 0.05) is 6.20 Å². The zero-order valence-corrected chi connectivity index (χ0v) is 6.05. The van der Waals surface area contributed by atoms with Crippen molar-refractivity contribution < 1.29 is 4.79 Å². The van der Waals surface area contributed by atoms with Gasteiger partial charge in [-0.05, 0) is 18.6 Å². The molecular formula is C7H8N2O2. The molecular weight excluding hydrogens is 144 g/mol. The van der Waals surface area contributed by atoms with Crippen LogP contribution in [0.15, 0.2) is 17.1 Å². The summed E-state index contributed by atoms with van der Waals surface area (Å²) in [6.45, 7) is 1.66. The third-order valence-electron chi connectivity index (χ3n) is 1.42. The molecule has 1 amide bonds. The smallest absolute Gasteiger partial charge is 0.261 e. The van der Waals surface area contributed by atoms with Gasteiger partial charge in [0.2, 0.25) is 0 Å². The predicted molar refractivity (Wildman–Crippen MR) is 40.3 cm³/mol. The van der Waals surface area contributed by atoms with Crippen LogP contribution < -0.4 is 11.3 Å². The third-order valence-corrected chi connectivity index (χ3v) is 1.42. The lowest BCUT2D eigenvalue weighted by molar-refractivity contribution is 0.0998. The number of aromatic nitrogens is 1. The number of hydrogen-bond acceptors (Lipinski definition) is 2. The summed E-state index contributed by atoms with van der Waals surface area (Å²) in [6, 6.07) is 1.63. The second-order valence-electron chi connectivity index (χ2n) is 2.23. The van der Waals surface area contributed by atoms with Gasteiger partial charge in [-0.15, -0.1) is 0 Å². The molecule has 4 heteroatoms. The standard InChI is InChI=1S/C7H8N2O2/c1-4-2-3-9-7(11)5(4)6(8)10/h2-3H,1H3,(H2,8,10)(H,9,11). The Labute approximate surface area is 63.0 Å².